The van der Waals surface area contributed by atoms with Crippen molar-refractivity contribution in [3.05, 3.63) is 100 Å². The van der Waals surface area contributed by atoms with Crippen LogP contribution in [0.3, 0.4) is 0 Å². The molecular weight excluding hydrogens is 690 g/mol. The molecule has 14 heteroatoms. The SMILES string of the molecule is Cc1cc(O)ccc1C[C@H](NC(=O)OC(C)(C)C)C(=O)N[C@@H](CCCCNC(=O)OCc1ccccc1Cl)C(=O)N[C@@H](Cc1ccccc1)C(N)=O. The lowest BCUT2D eigenvalue weighted by Crippen LogP contribution is -2.57. The van der Waals surface area contributed by atoms with Gasteiger partial charge in [-0.3, -0.25) is 14.4 Å². The quantitative estimate of drug-likeness (QED) is 0.108. The molecule has 0 bridgehead atoms. The molecule has 0 unspecified atom stereocenters. The van der Waals surface area contributed by atoms with E-state index < -0.39 is 53.6 Å². The van der Waals surface area contributed by atoms with Gasteiger partial charge in [0.05, 0.1) is 0 Å². The molecule has 0 aliphatic carbocycles. The van der Waals surface area contributed by atoms with Crippen molar-refractivity contribution in [3.8, 4) is 5.75 Å². The first-order valence-corrected chi connectivity index (χ1v) is 17.3. The molecule has 0 heterocycles. The fourth-order valence-corrected chi connectivity index (χ4v) is 5.34. The van der Waals surface area contributed by atoms with Crippen molar-refractivity contribution in [2.24, 2.45) is 5.73 Å². The molecule has 7 N–H and O–H groups in total. The zero-order valence-electron chi connectivity index (χ0n) is 29.9. The first-order valence-electron chi connectivity index (χ1n) is 17.0. The number of aromatic hydroxyl groups is 1. The Morgan fingerprint density at radius 1 is 0.788 bits per heavy atom. The molecule has 3 atom stereocenters. The summed E-state index contributed by atoms with van der Waals surface area (Å²) in [4.78, 5) is 65.0. The summed E-state index contributed by atoms with van der Waals surface area (Å²) in [6.07, 6.45) is -0.444. The fraction of sp³-hybridized carbons (Fsp3) is 0.395. The highest BCUT2D eigenvalue weighted by atomic mass is 35.5. The van der Waals surface area contributed by atoms with E-state index in [-0.39, 0.29) is 38.2 Å². The number of primary amides is 1. The van der Waals surface area contributed by atoms with E-state index >= 15 is 0 Å². The number of hydrogen-bond acceptors (Lipinski definition) is 8. The van der Waals surface area contributed by atoms with E-state index in [1.54, 1.807) is 82.3 Å². The van der Waals surface area contributed by atoms with Crippen LogP contribution in [0, 0.1) is 6.92 Å². The maximum atomic E-state index is 13.9. The Labute approximate surface area is 309 Å². The maximum Gasteiger partial charge on any atom is 0.408 e. The summed E-state index contributed by atoms with van der Waals surface area (Å²) in [6.45, 7) is 7.01. The van der Waals surface area contributed by atoms with Gasteiger partial charge in [0, 0.05) is 30.0 Å². The summed E-state index contributed by atoms with van der Waals surface area (Å²) >= 11 is 6.12. The van der Waals surface area contributed by atoms with Crippen LogP contribution in [0.25, 0.3) is 0 Å². The van der Waals surface area contributed by atoms with Crippen LogP contribution in [0.2, 0.25) is 5.02 Å². The highest BCUT2D eigenvalue weighted by Crippen LogP contribution is 2.19. The Morgan fingerprint density at radius 3 is 2.10 bits per heavy atom. The summed E-state index contributed by atoms with van der Waals surface area (Å²) in [7, 11) is 0. The zero-order valence-corrected chi connectivity index (χ0v) is 30.6. The third-order valence-electron chi connectivity index (χ3n) is 7.84. The predicted octanol–water partition coefficient (Wildman–Crippen LogP) is 4.58. The van der Waals surface area contributed by atoms with Crippen molar-refractivity contribution >= 4 is 41.5 Å². The number of carbonyl (C=O) groups excluding carboxylic acids is 5. The third-order valence-corrected chi connectivity index (χ3v) is 8.21. The van der Waals surface area contributed by atoms with Crippen LogP contribution >= 0.6 is 11.6 Å². The first kappa shape index (κ1) is 41.1. The Kier molecular flexibility index (Phi) is 15.8. The lowest BCUT2D eigenvalue weighted by Gasteiger charge is -2.26. The lowest BCUT2D eigenvalue weighted by molar-refractivity contribution is -0.132. The van der Waals surface area contributed by atoms with E-state index in [0.717, 1.165) is 5.56 Å². The van der Waals surface area contributed by atoms with Crippen LogP contribution < -0.4 is 27.0 Å². The lowest BCUT2D eigenvalue weighted by atomic mass is 9.99. The molecule has 0 saturated heterocycles. The number of nitrogens with one attached hydrogen (secondary N) is 4. The Morgan fingerprint density at radius 2 is 1.44 bits per heavy atom. The number of alkyl carbamates (subject to hydrolysis) is 2. The van der Waals surface area contributed by atoms with Gasteiger partial charge in [-0.1, -0.05) is 66.2 Å². The smallest absolute Gasteiger partial charge is 0.408 e. The zero-order chi connectivity index (χ0) is 38.3. The van der Waals surface area contributed by atoms with E-state index in [1.807, 2.05) is 6.07 Å². The van der Waals surface area contributed by atoms with Crippen molar-refractivity contribution in [2.75, 3.05) is 6.54 Å². The molecule has 3 aromatic rings. The van der Waals surface area contributed by atoms with Gasteiger partial charge in [0.15, 0.2) is 0 Å². The third kappa shape index (κ3) is 14.5. The molecule has 280 valence electrons. The summed E-state index contributed by atoms with van der Waals surface area (Å²) in [5.74, 6) is -2.05. The number of phenolic OH excluding ortho intramolecular Hbond substituents is 1. The molecule has 0 saturated carbocycles. The van der Waals surface area contributed by atoms with Crippen LogP contribution in [0.4, 0.5) is 9.59 Å². The van der Waals surface area contributed by atoms with Gasteiger partial charge in [-0.2, -0.15) is 0 Å². The van der Waals surface area contributed by atoms with E-state index in [4.69, 9.17) is 26.8 Å². The average Bonchev–Trinajstić information content (AvgIpc) is 3.07. The highest BCUT2D eigenvalue weighted by Gasteiger charge is 2.30. The molecule has 0 aliphatic rings. The number of benzene rings is 3. The highest BCUT2D eigenvalue weighted by molar-refractivity contribution is 6.31. The molecule has 13 nitrogen and oxygen atoms in total. The summed E-state index contributed by atoms with van der Waals surface area (Å²) in [6, 6.07) is 17.2. The largest absolute Gasteiger partial charge is 0.508 e. The number of phenols is 1. The molecule has 0 spiro atoms. The number of nitrogens with two attached hydrogens (primary N) is 1. The second-order valence-electron chi connectivity index (χ2n) is 13.3. The maximum absolute atomic E-state index is 13.9. The fourth-order valence-electron chi connectivity index (χ4n) is 5.15. The molecule has 0 radical (unpaired) electrons. The van der Waals surface area contributed by atoms with Gasteiger partial charge in [0.1, 0.15) is 36.1 Å². The minimum atomic E-state index is -1.18. The van der Waals surface area contributed by atoms with Crippen LogP contribution in [0.15, 0.2) is 72.8 Å². The number of carbonyl (C=O) groups is 5. The molecule has 52 heavy (non-hydrogen) atoms. The second kappa shape index (κ2) is 19.9. The van der Waals surface area contributed by atoms with Crippen molar-refractivity contribution in [3.63, 3.8) is 0 Å². The number of halogens is 1. The van der Waals surface area contributed by atoms with E-state index in [1.165, 1.54) is 12.1 Å². The van der Waals surface area contributed by atoms with Crippen molar-refractivity contribution in [1.29, 1.82) is 0 Å². The molecule has 0 aliphatic heterocycles. The van der Waals surface area contributed by atoms with Crippen LogP contribution in [0.1, 0.15) is 62.3 Å². The predicted molar refractivity (Wildman–Crippen MR) is 196 cm³/mol. The Bertz CT molecular complexity index is 1680. The van der Waals surface area contributed by atoms with E-state index in [9.17, 15) is 29.1 Å². The Hall–Kier alpha value is -5.30. The number of aryl methyl sites for hydroxylation is 1. The van der Waals surface area contributed by atoms with E-state index in [2.05, 4.69) is 21.3 Å². The van der Waals surface area contributed by atoms with Gasteiger partial charge in [-0.25, -0.2) is 9.59 Å². The van der Waals surface area contributed by atoms with Crippen LogP contribution in [-0.2, 0) is 43.3 Å². The molecule has 5 amide bonds. The number of amides is 5. The summed E-state index contributed by atoms with van der Waals surface area (Å²) < 4.78 is 10.6. The van der Waals surface area contributed by atoms with Crippen molar-refractivity contribution in [1.82, 2.24) is 21.3 Å². The molecule has 3 rings (SSSR count). The van der Waals surface area contributed by atoms with Gasteiger partial charge in [-0.05, 0) is 81.8 Å². The number of rotatable bonds is 17. The molecule has 0 aromatic heterocycles. The molecular formula is C38H48ClN5O8. The summed E-state index contributed by atoms with van der Waals surface area (Å²) in [5, 5.41) is 21.0. The van der Waals surface area contributed by atoms with Crippen molar-refractivity contribution in [2.45, 2.75) is 90.1 Å². The monoisotopic (exact) mass is 737 g/mol. The first-order chi connectivity index (χ1) is 24.6. The van der Waals surface area contributed by atoms with Gasteiger partial charge < -0.3 is 41.6 Å². The number of hydrogen-bond donors (Lipinski definition) is 6. The van der Waals surface area contributed by atoms with Gasteiger partial charge in [0.2, 0.25) is 17.7 Å². The van der Waals surface area contributed by atoms with Gasteiger partial charge in [-0.15, -0.1) is 0 Å². The average molecular weight is 738 g/mol. The van der Waals surface area contributed by atoms with Gasteiger partial charge >= 0.3 is 12.2 Å². The summed E-state index contributed by atoms with van der Waals surface area (Å²) in [5.41, 5.74) is 7.58. The minimum absolute atomic E-state index is 0.00798. The Balaban J connectivity index is 1.73. The number of unbranched alkanes of at least 4 members (excludes halogenated alkanes) is 1. The molecule has 0 fully saturated rings. The van der Waals surface area contributed by atoms with E-state index in [0.29, 0.717) is 34.6 Å². The second-order valence-corrected chi connectivity index (χ2v) is 13.7. The normalized spacial score (nSPS) is 12.8. The minimum Gasteiger partial charge on any atom is -0.508 e. The van der Waals surface area contributed by atoms with Crippen LogP contribution in [0.5, 0.6) is 5.75 Å². The standard InChI is InChI=1S/C38H48ClN5O8/c1-24-20-28(45)18-17-26(24)22-32(44-37(50)52-38(2,3)4)35(48)42-30(34(47)43-31(33(40)46)21-25-12-6-5-7-13-25)16-10-11-19-41-36(49)51-23-27-14-8-9-15-29(27)39/h5-9,12-15,17-18,20,30-32,45H,10-11,16,19,21-23H2,1-4H3,(H2,40,46)(H,41,49)(H,42,48)(H,43,47)(H,44,50)/t30-,31-,32-/m0/s1. The topological polar surface area (TPSA) is 198 Å². The molecule has 3 aromatic carbocycles. The van der Waals surface area contributed by atoms with Crippen molar-refractivity contribution < 1.29 is 38.6 Å². The van der Waals surface area contributed by atoms with Crippen LogP contribution in [-0.4, -0.2) is 65.3 Å². The van der Waals surface area contributed by atoms with Gasteiger partial charge in [0.25, 0.3) is 0 Å². The number of ether oxygens (including phenoxy) is 2.